The van der Waals surface area contributed by atoms with E-state index in [0.29, 0.717) is 0 Å². The minimum absolute atomic E-state index is 0.117. The van der Waals surface area contributed by atoms with Crippen LogP contribution in [-0.4, -0.2) is 20.9 Å². The highest BCUT2D eigenvalue weighted by atomic mass is 16.4. The Labute approximate surface area is 70.8 Å². The molecule has 12 heavy (non-hydrogen) atoms. The molecule has 0 aliphatic carbocycles. The molecule has 4 heteroatoms. The molecule has 0 atom stereocenters. The van der Waals surface area contributed by atoms with E-state index in [1.807, 2.05) is 0 Å². The van der Waals surface area contributed by atoms with Crippen LogP contribution in [0.5, 0.6) is 0 Å². The van der Waals surface area contributed by atoms with Crippen molar-refractivity contribution in [2.75, 3.05) is 0 Å². The van der Waals surface area contributed by atoms with Gasteiger partial charge in [-0.15, -0.1) is 0 Å². The lowest BCUT2D eigenvalue weighted by molar-refractivity contribution is 0.0689. The molecule has 0 aliphatic heterocycles. The number of hydrogen-bond donors (Lipinski definition) is 1. The van der Waals surface area contributed by atoms with E-state index in [4.69, 9.17) is 5.11 Å². The molecule has 0 saturated carbocycles. The SMILES string of the molecule is CCCCn1ccc(C(=O)O)n1. The van der Waals surface area contributed by atoms with Gasteiger partial charge in [0.1, 0.15) is 0 Å². The minimum atomic E-state index is -0.967. The van der Waals surface area contributed by atoms with Crippen LogP contribution < -0.4 is 0 Å². The fourth-order valence-corrected chi connectivity index (χ4v) is 0.920. The van der Waals surface area contributed by atoms with Crippen molar-refractivity contribution in [3.63, 3.8) is 0 Å². The Bertz CT molecular complexity index is 268. The molecule has 1 aromatic heterocycles. The smallest absolute Gasteiger partial charge is 0.356 e. The fraction of sp³-hybridized carbons (Fsp3) is 0.500. The molecule has 0 spiro atoms. The number of carbonyl (C=O) groups is 1. The Morgan fingerprint density at radius 2 is 2.50 bits per heavy atom. The van der Waals surface area contributed by atoms with Gasteiger partial charge in [0.15, 0.2) is 5.69 Å². The maximum absolute atomic E-state index is 10.4. The molecular weight excluding hydrogens is 156 g/mol. The quantitative estimate of drug-likeness (QED) is 0.738. The number of aromatic nitrogens is 2. The molecule has 1 aromatic rings. The summed E-state index contributed by atoms with van der Waals surface area (Å²) in [5, 5.41) is 12.4. The summed E-state index contributed by atoms with van der Waals surface area (Å²) < 4.78 is 1.66. The maximum atomic E-state index is 10.4. The van der Waals surface area contributed by atoms with Crippen LogP contribution in [0.4, 0.5) is 0 Å². The Balaban J connectivity index is 2.58. The Morgan fingerprint density at radius 1 is 1.75 bits per heavy atom. The molecule has 0 radical (unpaired) electrons. The lowest BCUT2D eigenvalue weighted by Gasteiger charge is -1.96. The Morgan fingerprint density at radius 3 is 3.00 bits per heavy atom. The number of rotatable bonds is 4. The van der Waals surface area contributed by atoms with Gasteiger partial charge in [-0.1, -0.05) is 13.3 Å². The van der Waals surface area contributed by atoms with Crippen LogP contribution in [0.3, 0.4) is 0 Å². The summed E-state index contributed by atoms with van der Waals surface area (Å²) in [7, 11) is 0. The van der Waals surface area contributed by atoms with Crippen molar-refractivity contribution in [1.29, 1.82) is 0 Å². The standard InChI is InChI=1S/C8H12N2O2/c1-2-3-5-10-6-4-7(9-10)8(11)12/h4,6H,2-3,5H2,1H3,(H,11,12). The third-order valence-corrected chi connectivity index (χ3v) is 1.60. The third-order valence-electron chi connectivity index (χ3n) is 1.60. The number of hydrogen-bond acceptors (Lipinski definition) is 2. The zero-order valence-electron chi connectivity index (χ0n) is 7.03. The number of carboxylic acids is 1. The molecule has 0 aromatic carbocycles. The number of aryl methyl sites for hydroxylation is 1. The highest BCUT2D eigenvalue weighted by Crippen LogP contribution is 1.97. The van der Waals surface area contributed by atoms with Crippen LogP contribution >= 0.6 is 0 Å². The topological polar surface area (TPSA) is 55.1 Å². The van der Waals surface area contributed by atoms with E-state index in [-0.39, 0.29) is 5.69 Å². The van der Waals surface area contributed by atoms with E-state index in [1.54, 1.807) is 10.9 Å². The van der Waals surface area contributed by atoms with Gasteiger partial charge < -0.3 is 5.11 Å². The lowest BCUT2D eigenvalue weighted by Crippen LogP contribution is -2.02. The highest BCUT2D eigenvalue weighted by Gasteiger charge is 2.05. The first-order chi connectivity index (χ1) is 5.74. The van der Waals surface area contributed by atoms with Crippen LogP contribution in [0.25, 0.3) is 0 Å². The molecule has 0 saturated heterocycles. The fourth-order valence-electron chi connectivity index (χ4n) is 0.920. The molecule has 0 aliphatic rings. The molecule has 66 valence electrons. The van der Waals surface area contributed by atoms with Crippen molar-refractivity contribution in [2.45, 2.75) is 26.3 Å². The second kappa shape index (κ2) is 3.90. The molecule has 1 rings (SSSR count). The summed E-state index contributed by atoms with van der Waals surface area (Å²) in [5.74, 6) is -0.967. The van der Waals surface area contributed by atoms with Crippen molar-refractivity contribution in [2.24, 2.45) is 0 Å². The van der Waals surface area contributed by atoms with Gasteiger partial charge in [-0.25, -0.2) is 4.79 Å². The molecular formula is C8H12N2O2. The molecule has 0 fully saturated rings. The largest absolute Gasteiger partial charge is 0.476 e. The van der Waals surface area contributed by atoms with Crippen molar-refractivity contribution < 1.29 is 9.90 Å². The first-order valence-electron chi connectivity index (χ1n) is 4.00. The van der Waals surface area contributed by atoms with Crippen molar-refractivity contribution in [3.8, 4) is 0 Å². The van der Waals surface area contributed by atoms with Gasteiger partial charge in [-0.2, -0.15) is 5.10 Å². The number of aromatic carboxylic acids is 1. The predicted molar refractivity (Wildman–Crippen MR) is 44.1 cm³/mol. The van der Waals surface area contributed by atoms with Gasteiger partial charge in [0, 0.05) is 12.7 Å². The predicted octanol–water partition coefficient (Wildman–Crippen LogP) is 1.38. The second-order valence-corrected chi connectivity index (χ2v) is 2.62. The van der Waals surface area contributed by atoms with Gasteiger partial charge in [0.2, 0.25) is 0 Å². The molecule has 1 heterocycles. The van der Waals surface area contributed by atoms with E-state index >= 15 is 0 Å². The molecule has 4 nitrogen and oxygen atoms in total. The van der Waals surface area contributed by atoms with E-state index in [0.717, 1.165) is 19.4 Å². The zero-order chi connectivity index (χ0) is 8.97. The second-order valence-electron chi connectivity index (χ2n) is 2.62. The number of unbranched alkanes of at least 4 members (excludes halogenated alkanes) is 1. The normalized spacial score (nSPS) is 10.1. The Kier molecular flexibility index (Phi) is 2.85. The average Bonchev–Trinajstić information content (AvgIpc) is 2.48. The molecule has 0 amide bonds. The minimum Gasteiger partial charge on any atom is -0.476 e. The van der Waals surface area contributed by atoms with Gasteiger partial charge in [0.05, 0.1) is 0 Å². The zero-order valence-corrected chi connectivity index (χ0v) is 7.03. The number of carboxylic acid groups (broad SMARTS) is 1. The monoisotopic (exact) mass is 168 g/mol. The maximum Gasteiger partial charge on any atom is 0.356 e. The number of nitrogens with zero attached hydrogens (tertiary/aromatic N) is 2. The summed E-state index contributed by atoms with van der Waals surface area (Å²) in [6.45, 7) is 2.88. The average molecular weight is 168 g/mol. The summed E-state index contributed by atoms with van der Waals surface area (Å²) in [4.78, 5) is 10.4. The molecule has 0 bridgehead atoms. The lowest BCUT2D eigenvalue weighted by atomic mass is 10.3. The first-order valence-corrected chi connectivity index (χ1v) is 4.00. The van der Waals surface area contributed by atoms with E-state index in [2.05, 4.69) is 12.0 Å². The van der Waals surface area contributed by atoms with Gasteiger partial charge in [-0.05, 0) is 12.5 Å². The highest BCUT2D eigenvalue weighted by molar-refractivity contribution is 5.84. The van der Waals surface area contributed by atoms with Crippen molar-refractivity contribution in [1.82, 2.24) is 9.78 Å². The summed E-state index contributed by atoms with van der Waals surface area (Å²) in [6.07, 6.45) is 3.81. The van der Waals surface area contributed by atoms with Gasteiger partial charge >= 0.3 is 5.97 Å². The molecule has 1 N–H and O–H groups in total. The van der Waals surface area contributed by atoms with E-state index < -0.39 is 5.97 Å². The van der Waals surface area contributed by atoms with Crippen LogP contribution in [0, 0.1) is 0 Å². The first kappa shape index (κ1) is 8.77. The van der Waals surface area contributed by atoms with Crippen LogP contribution in [0.2, 0.25) is 0 Å². The van der Waals surface area contributed by atoms with Crippen LogP contribution in [0.15, 0.2) is 12.3 Å². The van der Waals surface area contributed by atoms with Crippen molar-refractivity contribution >= 4 is 5.97 Å². The summed E-state index contributed by atoms with van der Waals surface area (Å²) >= 11 is 0. The molecule has 0 unspecified atom stereocenters. The van der Waals surface area contributed by atoms with Crippen LogP contribution in [0.1, 0.15) is 30.3 Å². The third kappa shape index (κ3) is 2.08. The van der Waals surface area contributed by atoms with Crippen molar-refractivity contribution in [3.05, 3.63) is 18.0 Å². The Hall–Kier alpha value is -1.32. The summed E-state index contributed by atoms with van der Waals surface area (Å²) in [6, 6.07) is 1.51. The van der Waals surface area contributed by atoms with E-state index in [9.17, 15) is 4.79 Å². The summed E-state index contributed by atoms with van der Waals surface area (Å²) in [5.41, 5.74) is 0.117. The van der Waals surface area contributed by atoms with Gasteiger partial charge in [-0.3, -0.25) is 4.68 Å². The van der Waals surface area contributed by atoms with Crippen LogP contribution in [-0.2, 0) is 6.54 Å². The van der Waals surface area contributed by atoms with Gasteiger partial charge in [0.25, 0.3) is 0 Å². The van der Waals surface area contributed by atoms with E-state index in [1.165, 1.54) is 6.07 Å².